The molecule has 1 saturated carbocycles. The van der Waals surface area contributed by atoms with E-state index >= 15 is 0 Å². The van der Waals surface area contributed by atoms with Crippen molar-refractivity contribution in [1.82, 2.24) is 9.78 Å². The molecule has 1 heterocycles. The third-order valence-electron chi connectivity index (χ3n) is 6.40. The standard InChI is InChI=1S/C23H27F3N4O3/c1-22(2)10-16-19(18(32)11-22)20(23(24,25)26)29-30(16)12-7-8-13(21(27)33)15(9-12)28-14-5-3-4-6-17(14)31/h7-9,14,17,28,31H,3-6,10-11H2,1-2H3,(H2,27,33)/t14-,17-/m1/s1. The van der Waals surface area contributed by atoms with Crippen molar-refractivity contribution < 1.29 is 27.9 Å². The highest BCUT2D eigenvalue weighted by Crippen LogP contribution is 2.42. The van der Waals surface area contributed by atoms with Crippen LogP contribution in [-0.2, 0) is 12.6 Å². The second-order valence-corrected chi connectivity index (χ2v) is 9.72. The zero-order valence-electron chi connectivity index (χ0n) is 18.5. The quantitative estimate of drug-likeness (QED) is 0.637. The number of rotatable bonds is 4. The largest absolute Gasteiger partial charge is 0.435 e. The average molecular weight is 464 g/mol. The maximum atomic E-state index is 13.7. The number of Topliss-reactive ketones (excluding diaryl/α,β-unsaturated/α-hetero) is 1. The number of carbonyl (C=O) groups is 2. The summed E-state index contributed by atoms with van der Waals surface area (Å²) in [6.07, 6.45) is -2.07. The molecule has 0 unspecified atom stereocenters. The van der Waals surface area contributed by atoms with Crippen LogP contribution < -0.4 is 11.1 Å². The highest BCUT2D eigenvalue weighted by molar-refractivity contribution is 6.00. The van der Waals surface area contributed by atoms with Crippen LogP contribution in [0.1, 0.15) is 78.1 Å². The number of nitrogens with two attached hydrogens (primary N) is 1. The van der Waals surface area contributed by atoms with Gasteiger partial charge in [-0.05, 0) is 42.9 Å². The van der Waals surface area contributed by atoms with Crippen LogP contribution in [0.2, 0.25) is 0 Å². The molecular formula is C23H27F3N4O3. The third kappa shape index (κ3) is 4.48. The Labute approximate surface area is 189 Å². The van der Waals surface area contributed by atoms with E-state index in [0.29, 0.717) is 18.5 Å². The predicted molar refractivity (Wildman–Crippen MR) is 115 cm³/mol. The number of halogens is 3. The highest BCUT2D eigenvalue weighted by atomic mass is 19.4. The van der Waals surface area contributed by atoms with Crippen molar-refractivity contribution >= 4 is 17.4 Å². The maximum absolute atomic E-state index is 13.7. The van der Waals surface area contributed by atoms with Crippen molar-refractivity contribution in [3.8, 4) is 5.69 Å². The summed E-state index contributed by atoms with van der Waals surface area (Å²) < 4.78 is 42.4. The molecule has 4 N–H and O–H groups in total. The summed E-state index contributed by atoms with van der Waals surface area (Å²) >= 11 is 0. The molecule has 1 aromatic carbocycles. The number of carbonyl (C=O) groups excluding carboxylic acids is 2. The molecule has 7 nitrogen and oxygen atoms in total. The lowest BCUT2D eigenvalue weighted by atomic mass is 9.75. The van der Waals surface area contributed by atoms with Crippen molar-refractivity contribution in [3.05, 3.63) is 40.7 Å². The summed E-state index contributed by atoms with van der Waals surface area (Å²) in [5, 5.41) is 17.3. The lowest BCUT2D eigenvalue weighted by Crippen LogP contribution is -2.37. The van der Waals surface area contributed by atoms with E-state index in [0.717, 1.165) is 17.5 Å². The molecule has 0 aliphatic heterocycles. The Bertz CT molecular complexity index is 1110. The number of fused-ring (bicyclic) bond motifs is 1. The molecule has 2 aromatic rings. The molecule has 2 aliphatic carbocycles. The van der Waals surface area contributed by atoms with Gasteiger partial charge in [0.1, 0.15) is 0 Å². The van der Waals surface area contributed by atoms with Crippen LogP contribution in [0.15, 0.2) is 18.2 Å². The molecule has 33 heavy (non-hydrogen) atoms. The predicted octanol–water partition coefficient (Wildman–Crippen LogP) is 3.86. The summed E-state index contributed by atoms with van der Waals surface area (Å²) in [4.78, 5) is 24.7. The Balaban J connectivity index is 1.84. The first-order valence-electron chi connectivity index (χ1n) is 11.0. The second-order valence-electron chi connectivity index (χ2n) is 9.72. The SMILES string of the molecule is CC1(C)CC(=O)c2c(C(F)(F)F)nn(-c3ccc(C(N)=O)c(N[C@@H]4CCCC[C@H]4O)c3)c2C1. The van der Waals surface area contributed by atoms with Gasteiger partial charge in [0.2, 0.25) is 0 Å². The average Bonchev–Trinajstić information content (AvgIpc) is 3.08. The van der Waals surface area contributed by atoms with Crippen LogP contribution in [0.25, 0.3) is 5.69 Å². The van der Waals surface area contributed by atoms with E-state index in [1.54, 1.807) is 0 Å². The number of ketones is 1. The summed E-state index contributed by atoms with van der Waals surface area (Å²) in [5.41, 5.74) is 4.33. The number of anilines is 1. The third-order valence-corrected chi connectivity index (χ3v) is 6.40. The number of alkyl halides is 3. The van der Waals surface area contributed by atoms with Gasteiger partial charge in [0.25, 0.3) is 5.91 Å². The highest BCUT2D eigenvalue weighted by Gasteiger charge is 2.45. The molecule has 4 rings (SSSR count). The summed E-state index contributed by atoms with van der Waals surface area (Å²) in [6.45, 7) is 3.65. The van der Waals surface area contributed by atoms with Gasteiger partial charge >= 0.3 is 6.18 Å². The number of aliphatic hydroxyl groups excluding tert-OH is 1. The lowest BCUT2D eigenvalue weighted by Gasteiger charge is -2.30. The molecule has 0 spiro atoms. The topological polar surface area (TPSA) is 110 Å². The minimum absolute atomic E-state index is 0.00175. The first-order chi connectivity index (χ1) is 15.4. The molecule has 178 valence electrons. The van der Waals surface area contributed by atoms with Gasteiger partial charge < -0.3 is 16.2 Å². The summed E-state index contributed by atoms with van der Waals surface area (Å²) in [7, 11) is 0. The number of hydrogen-bond acceptors (Lipinski definition) is 5. The van der Waals surface area contributed by atoms with E-state index in [9.17, 15) is 27.9 Å². The number of nitrogens with zero attached hydrogens (tertiary/aromatic N) is 2. The molecule has 0 saturated heterocycles. The molecule has 2 aliphatic rings. The van der Waals surface area contributed by atoms with Crippen molar-refractivity contribution in [2.75, 3.05) is 5.32 Å². The van der Waals surface area contributed by atoms with E-state index in [1.807, 2.05) is 13.8 Å². The van der Waals surface area contributed by atoms with Crippen LogP contribution >= 0.6 is 0 Å². The van der Waals surface area contributed by atoms with Gasteiger partial charge in [-0.1, -0.05) is 26.7 Å². The van der Waals surface area contributed by atoms with E-state index in [2.05, 4.69) is 10.4 Å². The van der Waals surface area contributed by atoms with Gasteiger partial charge in [0.05, 0.1) is 34.7 Å². The molecular weight excluding hydrogens is 437 g/mol. The van der Waals surface area contributed by atoms with Gasteiger partial charge in [-0.25, -0.2) is 4.68 Å². The molecule has 0 bridgehead atoms. The van der Waals surface area contributed by atoms with Gasteiger partial charge in [0.15, 0.2) is 11.5 Å². The number of nitrogens with one attached hydrogen (secondary N) is 1. The normalized spacial score (nSPS) is 22.7. The molecule has 0 radical (unpaired) electrons. The monoisotopic (exact) mass is 464 g/mol. The number of benzene rings is 1. The molecule has 1 aromatic heterocycles. The van der Waals surface area contributed by atoms with Crippen LogP contribution in [0.4, 0.5) is 18.9 Å². The van der Waals surface area contributed by atoms with Gasteiger partial charge in [-0.2, -0.15) is 18.3 Å². The molecule has 10 heteroatoms. The second kappa shape index (κ2) is 8.16. The smallest absolute Gasteiger partial charge is 0.391 e. The lowest BCUT2D eigenvalue weighted by molar-refractivity contribution is -0.141. The first-order valence-corrected chi connectivity index (χ1v) is 11.0. The van der Waals surface area contributed by atoms with E-state index in [1.165, 1.54) is 18.2 Å². The Kier molecular flexibility index (Phi) is 5.76. The van der Waals surface area contributed by atoms with Crippen molar-refractivity contribution in [2.45, 2.75) is 70.7 Å². The van der Waals surface area contributed by atoms with Crippen LogP contribution in [0.5, 0.6) is 0 Å². The summed E-state index contributed by atoms with van der Waals surface area (Å²) in [5.74, 6) is -1.29. The van der Waals surface area contributed by atoms with E-state index in [4.69, 9.17) is 5.73 Å². The van der Waals surface area contributed by atoms with Crippen molar-refractivity contribution in [3.63, 3.8) is 0 Å². The molecule has 1 fully saturated rings. The first kappa shape index (κ1) is 23.3. The van der Waals surface area contributed by atoms with Gasteiger partial charge in [-0.15, -0.1) is 0 Å². The summed E-state index contributed by atoms with van der Waals surface area (Å²) in [6, 6.07) is 4.07. The van der Waals surface area contributed by atoms with Crippen LogP contribution in [0, 0.1) is 5.41 Å². The Morgan fingerprint density at radius 3 is 2.58 bits per heavy atom. The van der Waals surface area contributed by atoms with E-state index < -0.39 is 40.6 Å². The Morgan fingerprint density at radius 1 is 1.24 bits per heavy atom. The Morgan fingerprint density at radius 2 is 1.94 bits per heavy atom. The fourth-order valence-corrected chi connectivity index (χ4v) is 4.84. The van der Waals surface area contributed by atoms with Crippen molar-refractivity contribution in [2.24, 2.45) is 11.1 Å². The zero-order valence-corrected chi connectivity index (χ0v) is 18.5. The fraction of sp³-hybridized carbons (Fsp3) is 0.522. The minimum atomic E-state index is -4.78. The minimum Gasteiger partial charge on any atom is -0.391 e. The number of aliphatic hydroxyl groups is 1. The molecule has 2 atom stereocenters. The van der Waals surface area contributed by atoms with Gasteiger partial charge in [0, 0.05) is 12.1 Å². The number of hydrogen-bond donors (Lipinski definition) is 3. The number of primary amides is 1. The van der Waals surface area contributed by atoms with Gasteiger partial charge in [-0.3, -0.25) is 9.59 Å². The number of aromatic nitrogens is 2. The van der Waals surface area contributed by atoms with Crippen LogP contribution in [0.3, 0.4) is 0 Å². The van der Waals surface area contributed by atoms with E-state index in [-0.39, 0.29) is 35.8 Å². The molecule has 1 amide bonds. The number of amides is 1. The maximum Gasteiger partial charge on any atom is 0.435 e. The fourth-order valence-electron chi connectivity index (χ4n) is 4.84. The zero-order chi connectivity index (χ0) is 24.1. The van der Waals surface area contributed by atoms with Crippen molar-refractivity contribution in [1.29, 1.82) is 0 Å². The Hall–Kier alpha value is -2.88. The van der Waals surface area contributed by atoms with Crippen LogP contribution in [-0.4, -0.2) is 38.7 Å².